The van der Waals surface area contributed by atoms with Crippen LogP contribution in [0.2, 0.25) is 0 Å². The van der Waals surface area contributed by atoms with Crippen LogP contribution in [0, 0.1) is 5.82 Å². The molecule has 0 saturated carbocycles. The molecule has 2 aromatic carbocycles. The van der Waals surface area contributed by atoms with Gasteiger partial charge in [0.15, 0.2) is 0 Å². The van der Waals surface area contributed by atoms with Gasteiger partial charge in [-0.25, -0.2) is 9.18 Å². The first-order valence-corrected chi connectivity index (χ1v) is 8.17. The largest absolute Gasteiger partial charge is 0.465 e. The van der Waals surface area contributed by atoms with Crippen molar-refractivity contribution in [2.45, 2.75) is 6.54 Å². The van der Waals surface area contributed by atoms with Crippen LogP contribution in [0.15, 0.2) is 48.5 Å². The van der Waals surface area contributed by atoms with E-state index in [0.29, 0.717) is 11.3 Å². The van der Waals surface area contributed by atoms with Crippen molar-refractivity contribution in [3.05, 3.63) is 65.5 Å². The second-order valence-electron chi connectivity index (χ2n) is 6.05. The van der Waals surface area contributed by atoms with Gasteiger partial charge >= 0.3 is 5.97 Å². The summed E-state index contributed by atoms with van der Waals surface area (Å²) < 4.78 is 18.6. The highest BCUT2D eigenvalue weighted by Crippen LogP contribution is 2.18. The van der Waals surface area contributed by atoms with Crippen molar-refractivity contribution in [2.75, 3.05) is 38.2 Å². The molecule has 0 aromatic heterocycles. The van der Waals surface area contributed by atoms with Gasteiger partial charge in [-0.05, 0) is 24.3 Å². The van der Waals surface area contributed by atoms with Crippen molar-refractivity contribution < 1.29 is 18.8 Å². The molecule has 0 amide bonds. The summed E-state index contributed by atoms with van der Waals surface area (Å²) in [5, 5.41) is 0. The number of rotatable bonds is 4. The third-order valence-electron chi connectivity index (χ3n) is 4.49. The second kappa shape index (κ2) is 7.45. The summed E-state index contributed by atoms with van der Waals surface area (Å²) in [5.41, 5.74) is 2.46. The Balaban J connectivity index is 1.56. The zero-order valence-corrected chi connectivity index (χ0v) is 13.8. The van der Waals surface area contributed by atoms with E-state index in [1.54, 1.807) is 18.2 Å². The van der Waals surface area contributed by atoms with Crippen LogP contribution < -0.4 is 9.80 Å². The van der Waals surface area contributed by atoms with Crippen molar-refractivity contribution in [3.63, 3.8) is 0 Å². The van der Waals surface area contributed by atoms with Crippen LogP contribution in [0.5, 0.6) is 0 Å². The number of nitrogens with one attached hydrogen (secondary N) is 1. The zero-order chi connectivity index (χ0) is 16.9. The molecule has 0 spiro atoms. The number of carbonyl (C=O) groups excluding carboxylic acids is 1. The smallest absolute Gasteiger partial charge is 0.337 e. The number of piperazine rings is 1. The first-order chi connectivity index (χ1) is 11.7. The SMILES string of the molecule is COC(=O)c1ccc(C[NH+]2CCN(c3ccccc3F)CC2)cc1. The predicted molar refractivity (Wildman–Crippen MR) is 90.8 cm³/mol. The number of nitrogens with zero attached hydrogens (tertiary/aromatic N) is 1. The van der Waals surface area contributed by atoms with Crippen molar-refractivity contribution in [2.24, 2.45) is 0 Å². The number of anilines is 1. The van der Waals surface area contributed by atoms with Crippen LogP contribution in [0.3, 0.4) is 0 Å². The molecule has 0 aliphatic carbocycles. The third-order valence-corrected chi connectivity index (χ3v) is 4.49. The van der Waals surface area contributed by atoms with E-state index in [1.807, 2.05) is 24.3 Å². The van der Waals surface area contributed by atoms with E-state index in [0.717, 1.165) is 32.7 Å². The standard InChI is InChI=1S/C19H21FN2O2/c1-24-19(23)16-8-6-15(7-9-16)14-21-10-12-22(13-11-21)18-5-3-2-4-17(18)20/h2-9H,10-14H2,1H3/p+1. The van der Waals surface area contributed by atoms with Crippen molar-refractivity contribution in [1.29, 1.82) is 0 Å². The van der Waals surface area contributed by atoms with E-state index in [-0.39, 0.29) is 11.8 Å². The minimum Gasteiger partial charge on any atom is -0.465 e. The number of carbonyl (C=O) groups is 1. The van der Waals surface area contributed by atoms with Crippen LogP contribution in [0.1, 0.15) is 15.9 Å². The molecule has 3 rings (SSSR count). The summed E-state index contributed by atoms with van der Waals surface area (Å²) in [6.45, 7) is 4.53. The first kappa shape index (κ1) is 16.5. The molecule has 5 heteroatoms. The third kappa shape index (κ3) is 3.74. The lowest BCUT2D eigenvalue weighted by Gasteiger charge is -2.33. The number of ether oxygens (including phenoxy) is 1. The quantitative estimate of drug-likeness (QED) is 0.864. The lowest BCUT2D eigenvalue weighted by atomic mass is 10.1. The summed E-state index contributed by atoms with van der Waals surface area (Å²) in [6.07, 6.45) is 0. The van der Waals surface area contributed by atoms with Gasteiger partial charge in [-0.2, -0.15) is 0 Å². The van der Waals surface area contributed by atoms with Gasteiger partial charge in [-0.15, -0.1) is 0 Å². The summed E-state index contributed by atoms with van der Waals surface area (Å²) >= 11 is 0. The molecule has 1 fully saturated rings. The molecular formula is C19H22FN2O2+. The van der Waals surface area contributed by atoms with Gasteiger partial charge < -0.3 is 14.5 Å². The van der Waals surface area contributed by atoms with Gasteiger partial charge in [-0.1, -0.05) is 24.3 Å². The summed E-state index contributed by atoms with van der Waals surface area (Å²) in [4.78, 5) is 15.0. The Kier molecular flexibility index (Phi) is 5.11. The van der Waals surface area contributed by atoms with Crippen LogP contribution in [-0.2, 0) is 11.3 Å². The van der Waals surface area contributed by atoms with E-state index in [2.05, 4.69) is 4.90 Å². The fourth-order valence-electron chi connectivity index (χ4n) is 3.11. The average Bonchev–Trinajstić information content (AvgIpc) is 2.63. The van der Waals surface area contributed by atoms with Gasteiger partial charge in [0.1, 0.15) is 12.4 Å². The molecule has 0 radical (unpaired) electrons. The van der Waals surface area contributed by atoms with Crippen LogP contribution in [-0.4, -0.2) is 39.3 Å². The minimum atomic E-state index is -0.313. The number of esters is 1. The number of quaternary nitrogens is 1. The summed E-state index contributed by atoms with van der Waals surface area (Å²) in [7, 11) is 1.38. The molecular weight excluding hydrogens is 307 g/mol. The lowest BCUT2D eigenvalue weighted by molar-refractivity contribution is -0.914. The Bertz CT molecular complexity index is 695. The topological polar surface area (TPSA) is 34.0 Å². The lowest BCUT2D eigenvalue weighted by Crippen LogP contribution is -3.13. The van der Waals surface area contributed by atoms with E-state index in [1.165, 1.54) is 23.6 Å². The second-order valence-corrected chi connectivity index (χ2v) is 6.05. The molecule has 4 nitrogen and oxygen atoms in total. The van der Waals surface area contributed by atoms with Crippen LogP contribution in [0.25, 0.3) is 0 Å². The van der Waals surface area contributed by atoms with E-state index in [9.17, 15) is 9.18 Å². The Morgan fingerprint density at radius 1 is 1.12 bits per heavy atom. The normalized spacial score (nSPS) is 15.3. The van der Waals surface area contributed by atoms with Crippen molar-refractivity contribution in [1.82, 2.24) is 0 Å². The van der Waals surface area contributed by atoms with E-state index >= 15 is 0 Å². The molecule has 24 heavy (non-hydrogen) atoms. The molecule has 1 aliphatic heterocycles. The highest BCUT2D eigenvalue weighted by molar-refractivity contribution is 5.89. The number of para-hydroxylation sites is 1. The average molecular weight is 329 g/mol. The molecule has 0 atom stereocenters. The summed E-state index contributed by atoms with van der Waals surface area (Å²) in [6, 6.07) is 14.5. The molecule has 2 aromatic rings. The number of hydrogen-bond donors (Lipinski definition) is 1. The Hall–Kier alpha value is -2.40. The van der Waals surface area contributed by atoms with Gasteiger partial charge in [0.2, 0.25) is 0 Å². The Morgan fingerprint density at radius 2 is 1.79 bits per heavy atom. The number of hydrogen-bond acceptors (Lipinski definition) is 3. The molecule has 1 saturated heterocycles. The van der Waals surface area contributed by atoms with E-state index in [4.69, 9.17) is 4.74 Å². The summed E-state index contributed by atoms with van der Waals surface area (Å²) in [5.74, 6) is -0.466. The fraction of sp³-hybridized carbons (Fsp3) is 0.316. The first-order valence-electron chi connectivity index (χ1n) is 8.17. The molecule has 1 N–H and O–H groups in total. The molecule has 1 aliphatic rings. The minimum absolute atomic E-state index is 0.153. The number of benzene rings is 2. The maximum atomic E-state index is 13.9. The molecule has 1 heterocycles. The Labute approximate surface area is 141 Å². The molecule has 0 bridgehead atoms. The molecule has 126 valence electrons. The van der Waals surface area contributed by atoms with Crippen LogP contribution in [0.4, 0.5) is 10.1 Å². The highest BCUT2D eigenvalue weighted by atomic mass is 19.1. The van der Waals surface area contributed by atoms with Crippen LogP contribution >= 0.6 is 0 Å². The maximum absolute atomic E-state index is 13.9. The van der Waals surface area contributed by atoms with Crippen molar-refractivity contribution >= 4 is 11.7 Å². The monoisotopic (exact) mass is 329 g/mol. The highest BCUT2D eigenvalue weighted by Gasteiger charge is 2.22. The van der Waals surface area contributed by atoms with Gasteiger partial charge in [0.25, 0.3) is 0 Å². The van der Waals surface area contributed by atoms with Gasteiger partial charge in [0.05, 0.1) is 44.5 Å². The van der Waals surface area contributed by atoms with Gasteiger partial charge in [-0.3, -0.25) is 0 Å². The van der Waals surface area contributed by atoms with E-state index < -0.39 is 0 Å². The fourth-order valence-corrected chi connectivity index (χ4v) is 3.11. The van der Waals surface area contributed by atoms with Gasteiger partial charge in [0, 0.05) is 5.56 Å². The zero-order valence-electron chi connectivity index (χ0n) is 13.8. The predicted octanol–water partition coefficient (Wildman–Crippen LogP) is 1.52. The van der Waals surface area contributed by atoms with Crippen molar-refractivity contribution in [3.8, 4) is 0 Å². The molecule has 0 unspecified atom stereocenters. The Morgan fingerprint density at radius 3 is 2.42 bits per heavy atom. The number of methoxy groups -OCH3 is 1. The number of halogens is 1. The maximum Gasteiger partial charge on any atom is 0.337 e.